The summed E-state index contributed by atoms with van der Waals surface area (Å²) in [5, 5.41) is 26.0. The Hall–Kier alpha value is -0.770. The Morgan fingerprint density at radius 1 is 1.13 bits per heavy atom. The van der Waals surface area contributed by atoms with Gasteiger partial charge in [-0.15, -0.1) is 0 Å². The van der Waals surface area contributed by atoms with E-state index in [0.29, 0.717) is 0 Å². The zero-order chi connectivity index (χ0) is 11.5. The molecule has 8 heteroatoms. The zero-order valence-corrected chi connectivity index (χ0v) is 7.94. The van der Waals surface area contributed by atoms with Crippen molar-refractivity contribution in [3.05, 3.63) is 0 Å². The van der Waals surface area contributed by atoms with Gasteiger partial charge in [0, 0.05) is 0 Å². The van der Waals surface area contributed by atoms with Gasteiger partial charge >= 0.3 is 6.47 Å². The van der Waals surface area contributed by atoms with Gasteiger partial charge in [0.15, 0.2) is 0 Å². The van der Waals surface area contributed by atoms with Gasteiger partial charge in [-0.25, -0.2) is 9.78 Å². The molecule has 0 radical (unpaired) electrons. The van der Waals surface area contributed by atoms with E-state index in [1.807, 2.05) is 0 Å². The van der Waals surface area contributed by atoms with Crippen LogP contribution in [0.1, 0.15) is 0 Å². The van der Waals surface area contributed by atoms with Gasteiger partial charge in [-0.05, 0) is 0 Å². The highest BCUT2D eigenvalue weighted by Crippen LogP contribution is 1.95. The molecule has 0 aromatic heterocycles. The molecule has 0 spiro atoms. The van der Waals surface area contributed by atoms with Crippen molar-refractivity contribution in [1.29, 1.82) is 0 Å². The first-order valence-corrected chi connectivity index (χ1v) is 4.14. The Morgan fingerprint density at radius 3 is 2.40 bits per heavy atom. The van der Waals surface area contributed by atoms with Crippen molar-refractivity contribution < 1.29 is 39.7 Å². The molecule has 0 bridgehead atoms. The first kappa shape index (κ1) is 14.2. The summed E-state index contributed by atoms with van der Waals surface area (Å²) in [6.07, 6.45) is -1.91. The van der Waals surface area contributed by atoms with Crippen LogP contribution in [0.25, 0.3) is 0 Å². The van der Waals surface area contributed by atoms with E-state index in [-0.39, 0.29) is 19.7 Å². The number of hydrogen-bond donors (Lipinski definition) is 3. The summed E-state index contributed by atoms with van der Waals surface area (Å²) in [4.78, 5) is 26.9. The third-order valence-electron chi connectivity index (χ3n) is 1.24. The van der Waals surface area contributed by atoms with Crippen LogP contribution in [0, 0.1) is 0 Å². The zero-order valence-electron chi connectivity index (χ0n) is 7.94. The maximum Gasteiger partial charge on any atom is 0.330 e. The average Bonchev–Trinajstić information content (AvgIpc) is 2.26. The minimum Gasteiger partial charge on any atom is -0.394 e. The standard InChI is InChI=1S/C7H14O8/c8-1-6(11)3-13-15-7(2-9)4-12-14-5-10/h5-9,11H,1-4H2. The molecule has 2 atom stereocenters. The molecule has 0 aliphatic carbocycles. The summed E-state index contributed by atoms with van der Waals surface area (Å²) in [5.41, 5.74) is 0. The molecule has 0 heterocycles. The van der Waals surface area contributed by atoms with E-state index in [1.165, 1.54) is 0 Å². The molecule has 0 aromatic carbocycles. The highest BCUT2D eigenvalue weighted by atomic mass is 17.2. The van der Waals surface area contributed by atoms with Crippen molar-refractivity contribution in [1.82, 2.24) is 0 Å². The molecule has 0 aliphatic rings. The van der Waals surface area contributed by atoms with Gasteiger partial charge in [0.1, 0.15) is 25.4 Å². The Morgan fingerprint density at radius 2 is 1.87 bits per heavy atom. The van der Waals surface area contributed by atoms with E-state index in [1.54, 1.807) is 0 Å². The number of aliphatic hydroxyl groups is 3. The Labute approximate surface area is 85.8 Å². The van der Waals surface area contributed by atoms with E-state index in [2.05, 4.69) is 19.6 Å². The fourth-order valence-corrected chi connectivity index (χ4v) is 0.521. The summed E-state index contributed by atoms with van der Waals surface area (Å²) in [6, 6.07) is 0. The molecule has 0 saturated carbocycles. The molecular formula is C7H14O8. The lowest BCUT2D eigenvalue weighted by atomic mass is 10.4. The number of aliphatic hydroxyl groups excluding tert-OH is 3. The number of carbonyl (C=O) groups excluding carboxylic acids is 1. The lowest BCUT2D eigenvalue weighted by Gasteiger charge is -2.13. The molecule has 0 aromatic rings. The maximum absolute atomic E-state index is 9.67. The number of hydrogen-bond acceptors (Lipinski definition) is 8. The van der Waals surface area contributed by atoms with Gasteiger partial charge in [-0.3, -0.25) is 4.79 Å². The van der Waals surface area contributed by atoms with E-state index < -0.39 is 25.4 Å². The van der Waals surface area contributed by atoms with Crippen LogP contribution in [0.15, 0.2) is 0 Å². The summed E-state index contributed by atoms with van der Waals surface area (Å²) >= 11 is 0. The molecule has 0 fully saturated rings. The van der Waals surface area contributed by atoms with Crippen molar-refractivity contribution in [3.63, 3.8) is 0 Å². The third kappa shape index (κ3) is 8.24. The molecule has 90 valence electrons. The predicted octanol–water partition coefficient (Wildman–Crippen LogP) is -2.25. The van der Waals surface area contributed by atoms with Gasteiger partial charge in [0.2, 0.25) is 0 Å². The van der Waals surface area contributed by atoms with Gasteiger partial charge in [0.05, 0.1) is 13.2 Å². The monoisotopic (exact) mass is 226 g/mol. The van der Waals surface area contributed by atoms with Crippen LogP contribution in [-0.2, 0) is 24.3 Å². The Bertz CT molecular complexity index is 152. The molecule has 8 nitrogen and oxygen atoms in total. The van der Waals surface area contributed by atoms with Crippen molar-refractivity contribution >= 4 is 6.47 Å². The topological polar surface area (TPSA) is 115 Å². The SMILES string of the molecule is O=COOCC(CO)OOCC(O)CO. The molecule has 0 saturated heterocycles. The Balaban J connectivity index is 3.47. The average molecular weight is 226 g/mol. The first-order chi connectivity index (χ1) is 7.24. The van der Waals surface area contributed by atoms with Gasteiger partial charge in [0.25, 0.3) is 0 Å². The summed E-state index contributed by atoms with van der Waals surface area (Å²) < 4.78 is 0. The first-order valence-electron chi connectivity index (χ1n) is 4.14. The number of rotatable bonds is 10. The quantitative estimate of drug-likeness (QED) is 0.166. The van der Waals surface area contributed by atoms with E-state index >= 15 is 0 Å². The van der Waals surface area contributed by atoms with Crippen LogP contribution in [0.3, 0.4) is 0 Å². The summed E-state index contributed by atoms with van der Waals surface area (Å²) in [7, 11) is 0. The maximum atomic E-state index is 9.67. The highest BCUT2D eigenvalue weighted by molar-refractivity contribution is 5.35. The molecule has 15 heavy (non-hydrogen) atoms. The lowest BCUT2D eigenvalue weighted by Crippen LogP contribution is -2.27. The van der Waals surface area contributed by atoms with Gasteiger partial charge in [-0.1, -0.05) is 0 Å². The molecular weight excluding hydrogens is 212 g/mol. The molecule has 0 amide bonds. The van der Waals surface area contributed by atoms with Gasteiger partial charge in [-0.2, -0.15) is 4.89 Å². The van der Waals surface area contributed by atoms with E-state index in [4.69, 9.17) is 15.3 Å². The van der Waals surface area contributed by atoms with Gasteiger partial charge < -0.3 is 20.2 Å². The van der Waals surface area contributed by atoms with Crippen molar-refractivity contribution in [2.45, 2.75) is 12.2 Å². The van der Waals surface area contributed by atoms with Crippen molar-refractivity contribution in [3.8, 4) is 0 Å². The summed E-state index contributed by atoms with van der Waals surface area (Å²) in [6.45, 7) is -1.27. The minimum absolute atomic E-state index is 0.0742. The highest BCUT2D eigenvalue weighted by Gasteiger charge is 2.11. The van der Waals surface area contributed by atoms with Crippen LogP contribution in [0.2, 0.25) is 0 Å². The molecule has 0 rings (SSSR count). The van der Waals surface area contributed by atoms with Crippen LogP contribution in [-0.4, -0.2) is 60.4 Å². The lowest BCUT2D eigenvalue weighted by molar-refractivity contribution is -0.363. The van der Waals surface area contributed by atoms with Crippen LogP contribution in [0.4, 0.5) is 0 Å². The Kier molecular flexibility index (Phi) is 9.27. The molecule has 0 aliphatic heterocycles. The minimum atomic E-state index is -1.06. The fourth-order valence-electron chi connectivity index (χ4n) is 0.521. The summed E-state index contributed by atoms with van der Waals surface area (Å²) in [5.74, 6) is 0. The van der Waals surface area contributed by atoms with E-state index in [0.717, 1.165) is 0 Å². The third-order valence-corrected chi connectivity index (χ3v) is 1.24. The molecule has 3 N–H and O–H groups in total. The largest absolute Gasteiger partial charge is 0.394 e. The predicted molar refractivity (Wildman–Crippen MR) is 44.1 cm³/mol. The fraction of sp³-hybridized carbons (Fsp3) is 0.857. The van der Waals surface area contributed by atoms with Crippen LogP contribution < -0.4 is 0 Å². The second-order valence-corrected chi connectivity index (χ2v) is 2.50. The van der Waals surface area contributed by atoms with Crippen molar-refractivity contribution in [2.75, 3.05) is 26.4 Å². The van der Waals surface area contributed by atoms with Crippen LogP contribution >= 0.6 is 0 Å². The number of carbonyl (C=O) groups is 1. The van der Waals surface area contributed by atoms with E-state index in [9.17, 15) is 4.79 Å². The van der Waals surface area contributed by atoms with Crippen molar-refractivity contribution in [2.24, 2.45) is 0 Å². The smallest absolute Gasteiger partial charge is 0.330 e. The second-order valence-electron chi connectivity index (χ2n) is 2.50. The molecule has 2 unspecified atom stereocenters. The normalized spacial score (nSPS) is 14.6. The van der Waals surface area contributed by atoms with Crippen LogP contribution in [0.5, 0.6) is 0 Å². The second kappa shape index (κ2) is 9.77.